The Morgan fingerprint density at radius 2 is 1.75 bits per heavy atom. The van der Waals surface area contributed by atoms with Crippen molar-refractivity contribution < 1.29 is 4.79 Å². The van der Waals surface area contributed by atoms with Crippen molar-refractivity contribution >= 4 is 22.8 Å². The number of benzene rings is 2. The van der Waals surface area contributed by atoms with Gasteiger partial charge in [-0.15, -0.1) is 4.99 Å². The number of pyridine rings is 1. The van der Waals surface area contributed by atoms with Gasteiger partial charge in [0.25, 0.3) is 5.91 Å². The SMILES string of the molecule is CNC(=NC#N)N1CCN(Cc2c(-c3ccccc3)nc3ccccc3c2C(=O)N[C@@H](C)C2CCCCC2)CC1. The molecule has 1 aliphatic heterocycles. The second-order valence-corrected chi connectivity index (χ2v) is 10.9. The number of carbonyl (C=O) groups is 1. The van der Waals surface area contributed by atoms with E-state index in [4.69, 9.17) is 10.2 Å². The fourth-order valence-electron chi connectivity index (χ4n) is 6.20. The van der Waals surface area contributed by atoms with Crippen molar-refractivity contribution in [2.45, 2.75) is 51.6 Å². The Morgan fingerprint density at radius 1 is 1.05 bits per heavy atom. The number of piperazine rings is 1. The molecule has 8 nitrogen and oxygen atoms in total. The molecule has 2 heterocycles. The van der Waals surface area contributed by atoms with Gasteiger partial charge in [-0.2, -0.15) is 5.26 Å². The Hall–Kier alpha value is -3.96. The van der Waals surface area contributed by atoms with Crippen molar-refractivity contribution in [1.29, 1.82) is 5.26 Å². The van der Waals surface area contributed by atoms with Gasteiger partial charge in [0.15, 0.2) is 0 Å². The van der Waals surface area contributed by atoms with Crippen molar-refractivity contribution in [1.82, 2.24) is 25.4 Å². The molecule has 1 amide bonds. The van der Waals surface area contributed by atoms with Gasteiger partial charge < -0.3 is 15.5 Å². The van der Waals surface area contributed by atoms with Gasteiger partial charge in [-0.1, -0.05) is 67.8 Å². The maximum absolute atomic E-state index is 14.2. The molecule has 2 aromatic carbocycles. The summed E-state index contributed by atoms with van der Waals surface area (Å²) < 4.78 is 0. The normalized spacial score (nSPS) is 17.8. The van der Waals surface area contributed by atoms with Crippen molar-refractivity contribution in [2.24, 2.45) is 10.9 Å². The largest absolute Gasteiger partial charge is 0.358 e. The topological polar surface area (TPSA) is 96.7 Å². The Balaban J connectivity index is 1.51. The lowest BCUT2D eigenvalue weighted by atomic mass is 9.84. The predicted octanol–water partition coefficient (Wildman–Crippen LogP) is 4.77. The lowest BCUT2D eigenvalue weighted by Gasteiger charge is -2.36. The van der Waals surface area contributed by atoms with Gasteiger partial charge in [-0.05, 0) is 31.7 Å². The Labute approximate surface area is 237 Å². The summed E-state index contributed by atoms with van der Waals surface area (Å²) in [5.41, 5.74) is 4.40. The number of fused-ring (bicyclic) bond motifs is 1. The standard InChI is InChI=1S/C32H39N7O/c1-23(24-11-5-3-6-12-24)36-31(40)29-26-15-9-10-16-28(26)37-30(25-13-7-4-8-14-25)27(29)21-38-17-19-39(20-18-38)32(34-2)35-22-33/h4,7-10,13-16,23-24H,3,5-6,11-12,17-21H2,1-2H3,(H,34,35)(H,36,40)/t23-/m0/s1. The van der Waals surface area contributed by atoms with Crippen LogP contribution in [0, 0.1) is 17.4 Å². The minimum atomic E-state index is -0.0129. The summed E-state index contributed by atoms with van der Waals surface area (Å²) >= 11 is 0. The maximum Gasteiger partial charge on any atom is 0.252 e. The van der Waals surface area contributed by atoms with Crippen LogP contribution in [0.5, 0.6) is 0 Å². The third-order valence-electron chi connectivity index (χ3n) is 8.42. The van der Waals surface area contributed by atoms with E-state index in [0.29, 0.717) is 18.4 Å². The molecule has 2 N–H and O–H groups in total. The zero-order chi connectivity index (χ0) is 27.9. The van der Waals surface area contributed by atoms with Crippen LogP contribution < -0.4 is 10.6 Å². The molecule has 1 saturated carbocycles. The maximum atomic E-state index is 14.2. The fraction of sp³-hybridized carbons (Fsp3) is 0.438. The van der Waals surface area contributed by atoms with E-state index in [0.717, 1.165) is 59.5 Å². The van der Waals surface area contributed by atoms with Crippen LogP contribution in [0.1, 0.15) is 54.9 Å². The van der Waals surface area contributed by atoms with Crippen LogP contribution in [0.4, 0.5) is 0 Å². The summed E-state index contributed by atoms with van der Waals surface area (Å²) in [5, 5.41) is 16.4. The molecule has 0 spiro atoms. The zero-order valence-electron chi connectivity index (χ0n) is 23.6. The molecule has 1 aliphatic carbocycles. The third kappa shape index (κ3) is 6.10. The van der Waals surface area contributed by atoms with Gasteiger partial charge >= 0.3 is 0 Å². The van der Waals surface area contributed by atoms with Crippen LogP contribution in [0.2, 0.25) is 0 Å². The highest BCUT2D eigenvalue weighted by molar-refractivity contribution is 6.09. The van der Waals surface area contributed by atoms with Crippen molar-refractivity contribution in [2.75, 3.05) is 33.2 Å². The lowest BCUT2D eigenvalue weighted by molar-refractivity contribution is 0.0918. The molecule has 8 heteroatoms. The summed E-state index contributed by atoms with van der Waals surface area (Å²) in [7, 11) is 1.79. The molecule has 40 heavy (non-hydrogen) atoms. The van der Waals surface area contributed by atoms with E-state index < -0.39 is 0 Å². The van der Waals surface area contributed by atoms with Crippen LogP contribution in [0.3, 0.4) is 0 Å². The highest BCUT2D eigenvalue weighted by atomic mass is 16.1. The van der Waals surface area contributed by atoms with E-state index in [-0.39, 0.29) is 11.9 Å². The minimum Gasteiger partial charge on any atom is -0.358 e. The number of guanidine groups is 1. The number of rotatable bonds is 6. The summed E-state index contributed by atoms with van der Waals surface area (Å²) in [6.45, 7) is 5.82. The first kappa shape index (κ1) is 27.6. The van der Waals surface area contributed by atoms with Crippen LogP contribution >= 0.6 is 0 Å². The van der Waals surface area contributed by atoms with Crippen molar-refractivity contribution in [3.05, 3.63) is 65.7 Å². The van der Waals surface area contributed by atoms with E-state index >= 15 is 0 Å². The van der Waals surface area contributed by atoms with Gasteiger partial charge in [0, 0.05) is 62.3 Å². The molecule has 208 valence electrons. The summed E-state index contributed by atoms with van der Waals surface area (Å²) in [5.74, 6) is 1.10. The van der Waals surface area contributed by atoms with Gasteiger partial charge in [-0.3, -0.25) is 9.69 Å². The average molecular weight is 538 g/mol. The molecule has 0 bridgehead atoms. The van der Waals surface area contributed by atoms with Gasteiger partial charge in [0.05, 0.1) is 16.8 Å². The minimum absolute atomic E-state index is 0.0129. The van der Waals surface area contributed by atoms with Crippen LogP contribution in [0.15, 0.2) is 59.6 Å². The summed E-state index contributed by atoms with van der Waals surface area (Å²) in [6.07, 6.45) is 8.02. The first-order chi connectivity index (χ1) is 19.6. The first-order valence-electron chi connectivity index (χ1n) is 14.5. The number of amides is 1. The zero-order valence-corrected chi connectivity index (χ0v) is 23.6. The second kappa shape index (κ2) is 12.9. The molecule has 1 saturated heterocycles. The quantitative estimate of drug-likeness (QED) is 0.267. The van der Waals surface area contributed by atoms with E-state index in [1.807, 2.05) is 48.7 Å². The van der Waals surface area contributed by atoms with E-state index in [1.54, 1.807) is 7.05 Å². The van der Waals surface area contributed by atoms with Crippen molar-refractivity contribution in [3.8, 4) is 17.5 Å². The van der Waals surface area contributed by atoms with Crippen LogP contribution in [-0.2, 0) is 6.54 Å². The van der Waals surface area contributed by atoms with Gasteiger partial charge in [0.1, 0.15) is 0 Å². The Bertz CT molecular complexity index is 1380. The van der Waals surface area contributed by atoms with Crippen LogP contribution in [-0.4, -0.2) is 65.9 Å². The smallest absolute Gasteiger partial charge is 0.252 e. The molecular formula is C32H39N7O. The van der Waals surface area contributed by atoms with Crippen LogP contribution in [0.25, 0.3) is 22.2 Å². The van der Waals surface area contributed by atoms with Gasteiger partial charge in [-0.25, -0.2) is 4.98 Å². The highest BCUT2D eigenvalue weighted by Crippen LogP contribution is 2.32. The monoisotopic (exact) mass is 537 g/mol. The van der Waals surface area contributed by atoms with Crippen molar-refractivity contribution in [3.63, 3.8) is 0 Å². The molecule has 5 rings (SSSR count). The number of hydrogen-bond donors (Lipinski definition) is 2. The van der Waals surface area contributed by atoms with Gasteiger partial charge in [0.2, 0.25) is 12.2 Å². The number of para-hydroxylation sites is 1. The van der Waals surface area contributed by atoms with E-state index in [9.17, 15) is 4.79 Å². The molecule has 0 unspecified atom stereocenters. The average Bonchev–Trinajstić information content (AvgIpc) is 3.00. The molecule has 0 radical (unpaired) electrons. The number of hydrogen-bond acceptors (Lipinski definition) is 5. The molecule has 1 aromatic heterocycles. The summed E-state index contributed by atoms with van der Waals surface area (Å²) in [6, 6.07) is 18.3. The number of carbonyl (C=O) groups excluding carboxylic acids is 1. The Kier molecular flexibility index (Phi) is 8.92. The third-order valence-corrected chi connectivity index (χ3v) is 8.42. The molecular weight excluding hydrogens is 498 g/mol. The number of aromatic nitrogens is 1. The number of nitriles is 1. The molecule has 1 atom stereocenters. The number of aliphatic imine (C=N–C) groups is 1. The highest BCUT2D eigenvalue weighted by Gasteiger charge is 2.28. The Morgan fingerprint density at radius 3 is 2.45 bits per heavy atom. The summed E-state index contributed by atoms with van der Waals surface area (Å²) in [4.78, 5) is 27.7. The van der Waals surface area contributed by atoms with E-state index in [1.165, 1.54) is 32.1 Å². The first-order valence-corrected chi connectivity index (χ1v) is 14.5. The predicted molar refractivity (Wildman–Crippen MR) is 160 cm³/mol. The molecule has 2 fully saturated rings. The second-order valence-electron chi connectivity index (χ2n) is 10.9. The number of nitrogens with one attached hydrogen (secondary N) is 2. The molecule has 3 aromatic rings. The lowest BCUT2D eigenvalue weighted by Crippen LogP contribution is -2.51. The fourth-order valence-corrected chi connectivity index (χ4v) is 6.20. The number of nitrogens with zero attached hydrogens (tertiary/aromatic N) is 5. The van der Waals surface area contributed by atoms with E-state index in [2.05, 4.69) is 44.5 Å². The molecule has 2 aliphatic rings.